The minimum absolute atomic E-state index is 0.103. The van der Waals surface area contributed by atoms with Gasteiger partial charge in [0.2, 0.25) is 0 Å². The molecule has 2 amide bonds. The number of piperazine rings is 1. The van der Waals surface area contributed by atoms with Gasteiger partial charge in [0.05, 0.1) is 18.1 Å². The van der Waals surface area contributed by atoms with Gasteiger partial charge in [0, 0.05) is 32.7 Å². The van der Waals surface area contributed by atoms with Crippen molar-refractivity contribution in [2.45, 2.75) is 20.3 Å². The van der Waals surface area contributed by atoms with Crippen LogP contribution in [0.1, 0.15) is 41.3 Å². The van der Waals surface area contributed by atoms with Gasteiger partial charge >= 0.3 is 0 Å². The van der Waals surface area contributed by atoms with Crippen molar-refractivity contribution >= 4 is 17.5 Å². The van der Waals surface area contributed by atoms with Crippen LogP contribution in [0.5, 0.6) is 0 Å². The van der Waals surface area contributed by atoms with Gasteiger partial charge in [-0.1, -0.05) is 13.8 Å². The maximum atomic E-state index is 12.6. The lowest BCUT2D eigenvalue weighted by Crippen LogP contribution is -2.50. The first-order valence-electron chi connectivity index (χ1n) is 9.36. The molecule has 0 atom stereocenters. The molecule has 1 aliphatic rings. The molecule has 1 saturated heterocycles. The molecular weight excluding hydrogens is 344 g/mol. The zero-order chi connectivity index (χ0) is 19.2. The smallest absolute Gasteiger partial charge is 0.289 e. The second-order valence-electron chi connectivity index (χ2n) is 7.10. The Morgan fingerprint density at radius 3 is 2.37 bits per heavy atom. The molecule has 0 radical (unpaired) electrons. The first-order chi connectivity index (χ1) is 13.0. The number of hydrogen-bond acceptors (Lipinski definition) is 5. The molecule has 144 valence electrons. The summed E-state index contributed by atoms with van der Waals surface area (Å²) in [5, 5.41) is 3.31. The highest BCUT2D eigenvalue weighted by atomic mass is 16.3. The van der Waals surface area contributed by atoms with Crippen LogP contribution in [0.25, 0.3) is 0 Å². The van der Waals surface area contributed by atoms with Crippen LogP contribution >= 0.6 is 0 Å². The standard InChI is InChI=1S/C20H26N4O3/c1-15(2)7-8-21-16-5-6-17(22-14-16)19(25)23-9-11-24(12-10-23)20(26)18-4-3-13-27-18/h3-6,13-15,21H,7-12H2,1-2H3. The molecule has 0 saturated carbocycles. The number of carbonyl (C=O) groups is 2. The molecule has 0 bridgehead atoms. The number of furan rings is 1. The summed E-state index contributed by atoms with van der Waals surface area (Å²) in [6.45, 7) is 7.20. The Kier molecular flexibility index (Phi) is 6.11. The van der Waals surface area contributed by atoms with Gasteiger partial charge in [0.25, 0.3) is 11.8 Å². The third-order valence-electron chi connectivity index (χ3n) is 4.62. The van der Waals surface area contributed by atoms with E-state index in [1.165, 1.54) is 6.26 Å². The van der Waals surface area contributed by atoms with Crippen molar-refractivity contribution in [2.24, 2.45) is 5.92 Å². The van der Waals surface area contributed by atoms with Crippen LogP contribution in [0.3, 0.4) is 0 Å². The van der Waals surface area contributed by atoms with Crippen molar-refractivity contribution in [2.75, 3.05) is 38.0 Å². The lowest BCUT2D eigenvalue weighted by atomic mass is 10.1. The first kappa shape index (κ1) is 18.9. The zero-order valence-corrected chi connectivity index (χ0v) is 15.9. The largest absolute Gasteiger partial charge is 0.459 e. The van der Waals surface area contributed by atoms with E-state index in [9.17, 15) is 9.59 Å². The molecule has 7 heteroatoms. The van der Waals surface area contributed by atoms with Crippen LogP contribution in [0.2, 0.25) is 0 Å². The minimum Gasteiger partial charge on any atom is -0.459 e. The topological polar surface area (TPSA) is 78.7 Å². The first-order valence-corrected chi connectivity index (χ1v) is 9.36. The normalized spacial score (nSPS) is 14.5. The maximum Gasteiger partial charge on any atom is 0.289 e. The van der Waals surface area contributed by atoms with Crippen LogP contribution in [0, 0.1) is 5.92 Å². The SMILES string of the molecule is CC(C)CCNc1ccc(C(=O)N2CCN(C(=O)c3ccco3)CC2)nc1. The Bertz CT molecular complexity index is 748. The fraction of sp³-hybridized carbons (Fsp3) is 0.450. The number of nitrogens with zero attached hydrogens (tertiary/aromatic N) is 3. The number of hydrogen-bond donors (Lipinski definition) is 1. The summed E-state index contributed by atoms with van der Waals surface area (Å²) >= 11 is 0. The van der Waals surface area contributed by atoms with Crippen molar-refractivity contribution < 1.29 is 14.0 Å². The summed E-state index contributed by atoms with van der Waals surface area (Å²) in [6.07, 6.45) is 4.27. The van der Waals surface area contributed by atoms with E-state index in [0.29, 0.717) is 43.6 Å². The molecule has 1 N–H and O–H groups in total. The van der Waals surface area contributed by atoms with Crippen molar-refractivity contribution in [1.29, 1.82) is 0 Å². The molecular formula is C20H26N4O3. The highest BCUT2D eigenvalue weighted by Crippen LogP contribution is 2.13. The van der Waals surface area contributed by atoms with Crippen molar-refractivity contribution in [3.05, 3.63) is 48.2 Å². The Morgan fingerprint density at radius 1 is 1.11 bits per heavy atom. The van der Waals surface area contributed by atoms with E-state index in [1.807, 2.05) is 6.07 Å². The Hall–Kier alpha value is -2.83. The number of amides is 2. The van der Waals surface area contributed by atoms with Gasteiger partial charge < -0.3 is 19.5 Å². The van der Waals surface area contributed by atoms with E-state index in [2.05, 4.69) is 24.1 Å². The van der Waals surface area contributed by atoms with E-state index in [0.717, 1.165) is 18.7 Å². The van der Waals surface area contributed by atoms with Crippen LogP contribution in [0.4, 0.5) is 5.69 Å². The van der Waals surface area contributed by atoms with Crippen LogP contribution < -0.4 is 5.32 Å². The average molecular weight is 370 g/mol. The minimum atomic E-state index is -0.137. The summed E-state index contributed by atoms with van der Waals surface area (Å²) in [5.41, 5.74) is 1.34. The molecule has 2 aromatic rings. The molecule has 0 unspecified atom stereocenters. The molecule has 0 spiro atoms. The van der Waals surface area contributed by atoms with Crippen molar-refractivity contribution in [3.8, 4) is 0 Å². The lowest BCUT2D eigenvalue weighted by Gasteiger charge is -2.34. The molecule has 1 aliphatic heterocycles. The maximum absolute atomic E-state index is 12.6. The molecule has 2 aromatic heterocycles. The molecule has 3 heterocycles. The number of aromatic nitrogens is 1. The van der Waals surface area contributed by atoms with Crippen molar-refractivity contribution in [1.82, 2.24) is 14.8 Å². The van der Waals surface area contributed by atoms with Gasteiger partial charge in [0.1, 0.15) is 5.69 Å². The quantitative estimate of drug-likeness (QED) is 0.846. The third-order valence-corrected chi connectivity index (χ3v) is 4.62. The van der Waals surface area contributed by atoms with Crippen LogP contribution in [-0.4, -0.2) is 59.3 Å². The van der Waals surface area contributed by atoms with Crippen LogP contribution in [0.15, 0.2) is 41.1 Å². The zero-order valence-electron chi connectivity index (χ0n) is 15.9. The van der Waals surface area contributed by atoms with Gasteiger partial charge in [-0.15, -0.1) is 0 Å². The second kappa shape index (κ2) is 8.70. The number of pyridine rings is 1. The molecule has 0 aromatic carbocycles. The average Bonchev–Trinajstić information content (AvgIpc) is 3.22. The summed E-state index contributed by atoms with van der Waals surface area (Å²) in [4.78, 5) is 32.7. The number of nitrogens with one attached hydrogen (secondary N) is 1. The van der Waals surface area contributed by atoms with Crippen molar-refractivity contribution in [3.63, 3.8) is 0 Å². The number of anilines is 1. The highest BCUT2D eigenvalue weighted by molar-refractivity contribution is 5.93. The molecule has 0 aliphatic carbocycles. The lowest BCUT2D eigenvalue weighted by molar-refractivity contribution is 0.0515. The van der Waals surface area contributed by atoms with Gasteiger partial charge in [-0.05, 0) is 36.6 Å². The van der Waals surface area contributed by atoms with E-state index in [1.54, 1.807) is 34.2 Å². The molecule has 7 nitrogen and oxygen atoms in total. The Balaban J connectivity index is 1.51. The molecule has 1 fully saturated rings. The van der Waals surface area contributed by atoms with E-state index in [4.69, 9.17) is 4.42 Å². The van der Waals surface area contributed by atoms with E-state index >= 15 is 0 Å². The molecule has 3 rings (SSSR count). The predicted molar refractivity (Wildman–Crippen MR) is 103 cm³/mol. The van der Waals surface area contributed by atoms with Gasteiger partial charge in [-0.25, -0.2) is 4.98 Å². The summed E-state index contributed by atoms with van der Waals surface area (Å²) in [5.74, 6) is 0.734. The van der Waals surface area contributed by atoms with Gasteiger partial charge in [-0.2, -0.15) is 0 Å². The Morgan fingerprint density at radius 2 is 1.81 bits per heavy atom. The predicted octanol–water partition coefficient (Wildman–Crippen LogP) is 2.73. The Labute approximate surface area is 159 Å². The highest BCUT2D eigenvalue weighted by Gasteiger charge is 2.27. The summed E-state index contributed by atoms with van der Waals surface area (Å²) < 4.78 is 5.16. The van der Waals surface area contributed by atoms with E-state index in [-0.39, 0.29) is 11.8 Å². The fourth-order valence-electron chi connectivity index (χ4n) is 2.96. The third kappa shape index (κ3) is 4.87. The summed E-state index contributed by atoms with van der Waals surface area (Å²) in [6, 6.07) is 6.98. The number of rotatable bonds is 6. The van der Waals surface area contributed by atoms with Gasteiger partial charge in [-0.3, -0.25) is 9.59 Å². The van der Waals surface area contributed by atoms with Gasteiger partial charge in [0.15, 0.2) is 5.76 Å². The fourth-order valence-corrected chi connectivity index (χ4v) is 2.96. The molecule has 27 heavy (non-hydrogen) atoms. The second-order valence-corrected chi connectivity index (χ2v) is 7.10. The van der Waals surface area contributed by atoms with Crippen LogP contribution in [-0.2, 0) is 0 Å². The van der Waals surface area contributed by atoms with E-state index < -0.39 is 0 Å². The number of carbonyl (C=O) groups excluding carboxylic acids is 2. The monoisotopic (exact) mass is 370 g/mol. The summed E-state index contributed by atoms with van der Waals surface area (Å²) in [7, 11) is 0.